The molecule has 0 aromatic carbocycles. The fourth-order valence-corrected chi connectivity index (χ4v) is 3.33. The normalized spacial score (nSPS) is 14.6. The van der Waals surface area contributed by atoms with Crippen molar-refractivity contribution in [1.82, 2.24) is 0 Å². The Hall–Kier alpha value is -0.820. The van der Waals surface area contributed by atoms with Crippen molar-refractivity contribution in [2.24, 2.45) is 0 Å². The first-order valence-electron chi connectivity index (χ1n) is 5.91. The van der Waals surface area contributed by atoms with Gasteiger partial charge in [0.2, 0.25) is 0 Å². The quantitative estimate of drug-likeness (QED) is 0.387. The average Bonchev–Trinajstić information content (AvgIpc) is 2.30. The molecular weight excluding hydrogens is 255 g/mol. The van der Waals surface area contributed by atoms with Gasteiger partial charge in [0.15, 0.2) is 5.16 Å². The molecule has 0 bridgehead atoms. The number of carbonyl (C=O) groups is 1. The molecule has 0 fully saturated rings. The van der Waals surface area contributed by atoms with E-state index in [1.807, 2.05) is 0 Å². The van der Waals surface area contributed by atoms with Gasteiger partial charge in [-0.2, -0.15) is 0 Å². The maximum Gasteiger partial charge on any atom is 0.348 e. The molecule has 0 aromatic rings. The van der Waals surface area contributed by atoms with Crippen LogP contribution in [0.5, 0.6) is 0 Å². The van der Waals surface area contributed by atoms with Crippen molar-refractivity contribution >= 4 is 13.6 Å². The molecule has 0 radical (unpaired) electrons. The number of ether oxygens (including phenoxy) is 1. The van der Waals surface area contributed by atoms with Gasteiger partial charge in [0.1, 0.15) is 0 Å². The number of esters is 1. The lowest BCUT2D eigenvalue weighted by atomic mass is 10.1. The van der Waals surface area contributed by atoms with Crippen LogP contribution in [0.25, 0.3) is 0 Å². The van der Waals surface area contributed by atoms with Crippen LogP contribution in [0.15, 0.2) is 0 Å². The van der Waals surface area contributed by atoms with E-state index in [0.29, 0.717) is 0 Å². The van der Waals surface area contributed by atoms with Crippen molar-refractivity contribution in [2.45, 2.75) is 39.3 Å². The van der Waals surface area contributed by atoms with Crippen LogP contribution < -0.4 is 0 Å². The maximum atomic E-state index is 12.7. The zero-order valence-electron chi connectivity index (χ0n) is 11.4. The monoisotopic (exact) mass is 276 g/mol. The molecule has 0 heterocycles. The molecule has 0 saturated carbocycles. The molecule has 1 unspecified atom stereocenters. The molecule has 0 aliphatic rings. The molecule has 0 amide bonds. The van der Waals surface area contributed by atoms with Crippen LogP contribution in [0.4, 0.5) is 0 Å². The highest BCUT2D eigenvalue weighted by Crippen LogP contribution is 2.61. The predicted octanol–water partition coefficient (Wildman–Crippen LogP) is 2.60. The zero-order chi connectivity index (χ0) is 14.2. The molecule has 0 aliphatic carbocycles. The Morgan fingerprint density at radius 1 is 1.22 bits per heavy atom. The largest absolute Gasteiger partial charge is 0.465 e. The summed E-state index contributed by atoms with van der Waals surface area (Å²) in [4.78, 5) is 12.0. The van der Waals surface area contributed by atoms with Gasteiger partial charge in [-0.05, 0) is 27.7 Å². The van der Waals surface area contributed by atoms with Gasteiger partial charge in [0.05, 0.1) is 19.8 Å². The van der Waals surface area contributed by atoms with Gasteiger partial charge < -0.3 is 13.8 Å². The molecular formula is C12H21O5P. The third kappa shape index (κ3) is 3.58. The summed E-state index contributed by atoms with van der Waals surface area (Å²) < 4.78 is 28.0. The highest BCUT2D eigenvalue weighted by atomic mass is 31.2. The lowest BCUT2D eigenvalue weighted by Gasteiger charge is -2.32. The van der Waals surface area contributed by atoms with E-state index < -0.39 is 18.7 Å². The van der Waals surface area contributed by atoms with Crippen LogP contribution in [0.3, 0.4) is 0 Å². The van der Waals surface area contributed by atoms with E-state index in [2.05, 4.69) is 5.92 Å². The number of terminal acetylenes is 1. The Morgan fingerprint density at radius 3 is 2.06 bits per heavy atom. The predicted molar refractivity (Wildman–Crippen MR) is 69.3 cm³/mol. The number of carbonyl (C=O) groups excluding carboxylic acids is 1. The Bertz CT molecular complexity index is 350. The second-order valence-corrected chi connectivity index (χ2v) is 6.21. The summed E-state index contributed by atoms with van der Waals surface area (Å²) in [5.74, 6) is 1.68. The molecule has 0 spiro atoms. The van der Waals surface area contributed by atoms with Crippen molar-refractivity contribution in [3.63, 3.8) is 0 Å². The first-order valence-corrected chi connectivity index (χ1v) is 7.46. The Kier molecular flexibility index (Phi) is 7.23. The van der Waals surface area contributed by atoms with Crippen LogP contribution in [0, 0.1) is 12.3 Å². The summed E-state index contributed by atoms with van der Waals surface area (Å²) in [6.07, 6.45) is 5.18. The summed E-state index contributed by atoms with van der Waals surface area (Å²) in [5, 5.41) is -1.47. The molecule has 0 saturated heterocycles. The zero-order valence-corrected chi connectivity index (χ0v) is 12.3. The first kappa shape index (κ1) is 17.2. The van der Waals surface area contributed by atoms with Crippen molar-refractivity contribution < 1.29 is 23.1 Å². The Morgan fingerprint density at radius 2 is 1.72 bits per heavy atom. The molecule has 6 heteroatoms. The highest BCUT2D eigenvalue weighted by Gasteiger charge is 2.54. The van der Waals surface area contributed by atoms with Crippen LogP contribution >= 0.6 is 7.60 Å². The van der Waals surface area contributed by atoms with Gasteiger partial charge in [-0.15, -0.1) is 12.3 Å². The van der Waals surface area contributed by atoms with Crippen molar-refractivity contribution in [1.29, 1.82) is 0 Å². The SMILES string of the molecule is C#CCC(C)(C(=O)OCC)P(=O)(OCC)OCC. The minimum atomic E-state index is -3.66. The molecule has 0 N–H and O–H groups in total. The molecule has 104 valence electrons. The van der Waals surface area contributed by atoms with E-state index in [0.717, 1.165) is 0 Å². The molecule has 0 aliphatic heterocycles. The summed E-state index contributed by atoms with van der Waals surface area (Å²) in [7, 11) is -3.66. The van der Waals surface area contributed by atoms with Gasteiger partial charge in [-0.25, -0.2) is 0 Å². The fraction of sp³-hybridized carbons (Fsp3) is 0.750. The maximum absolute atomic E-state index is 12.7. The topological polar surface area (TPSA) is 61.8 Å². The van der Waals surface area contributed by atoms with Gasteiger partial charge in [0, 0.05) is 6.42 Å². The van der Waals surface area contributed by atoms with Crippen molar-refractivity contribution in [2.75, 3.05) is 19.8 Å². The van der Waals surface area contributed by atoms with Crippen LogP contribution in [-0.4, -0.2) is 30.9 Å². The summed E-state index contributed by atoms with van der Waals surface area (Å²) in [6.45, 7) is 6.97. The van der Waals surface area contributed by atoms with E-state index in [1.54, 1.807) is 20.8 Å². The summed E-state index contributed by atoms with van der Waals surface area (Å²) >= 11 is 0. The standard InChI is InChI=1S/C12H21O5P/c1-6-10-12(5,11(13)15-7-2)18(14,16-8-3)17-9-4/h1H,7-10H2,2-5H3. The highest BCUT2D eigenvalue weighted by molar-refractivity contribution is 7.56. The van der Waals surface area contributed by atoms with Crippen molar-refractivity contribution in [3.05, 3.63) is 0 Å². The van der Waals surface area contributed by atoms with Gasteiger partial charge in [-0.3, -0.25) is 9.36 Å². The number of rotatable bonds is 8. The number of hydrogen-bond acceptors (Lipinski definition) is 5. The van der Waals surface area contributed by atoms with Crippen LogP contribution in [-0.2, 0) is 23.1 Å². The van der Waals surface area contributed by atoms with Crippen molar-refractivity contribution in [3.8, 4) is 12.3 Å². The Balaban J connectivity index is 5.45. The molecule has 5 nitrogen and oxygen atoms in total. The third-order valence-corrected chi connectivity index (χ3v) is 5.11. The minimum absolute atomic E-state index is 0.0664. The van der Waals surface area contributed by atoms with E-state index in [4.69, 9.17) is 20.2 Å². The minimum Gasteiger partial charge on any atom is -0.465 e. The van der Waals surface area contributed by atoms with E-state index in [1.165, 1.54) is 6.92 Å². The second-order valence-electron chi connectivity index (χ2n) is 3.71. The Labute approximate surface area is 109 Å². The molecule has 18 heavy (non-hydrogen) atoms. The van der Waals surface area contributed by atoms with E-state index in [-0.39, 0.29) is 26.2 Å². The molecule has 0 rings (SSSR count). The van der Waals surface area contributed by atoms with Gasteiger partial charge >= 0.3 is 13.6 Å². The van der Waals surface area contributed by atoms with E-state index >= 15 is 0 Å². The second kappa shape index (κ2) is 7.58. The first-order chi connectivity index (χ1) is 8.41. The lowest BCUT2D eigenvalue weighted by molar-refractivity contribution is -0.146. The van der Waals surface area contributed by atoms with Gasteiger partial charge in [-0.1, -0.05) is 0 Å². The molecule has 1 atom stereocenters. The summed E-state index contributed by atoms with van der Waals surface area (Å²) in [5.41, 5.74) is 0. The average molecular weight is 276 g/mol. The third-order valence-electron chi connectivity index (χ3n) is 2.36. The van der Waals surface area contributed by atoms with Gasteiger partial charge in [0.25, 0.3) is 0 Å². The number of hydrogen-bond donors (Lipinski definition) is 0. The molecule has 0 aromatic heterocycles. The van der Waals surface area contributed by atoms with Crippen LogP contribution in [0.1, 0.15) is 34.1 Å². The van der Waals surface area contributed by atoms with Crippen LogP contribution in [0.2, 0.25) is 0 Å². The lowest BCUT2D eigenvalue weighted by Crippen LogP contribution is -2.38. The fourth-order valence-electron chi connectivity index (χ4n) is 1.43. The smallest absolute Gasteiger partial charge is 0.348 e. The van der Waals surface area contributed by atoms with E-state index in [9.17, 15) is 9.36 Å². The summed E-state index contributed by atoms with van der Waals surface area (Å²) in [6, 6.07) is 0.